The molecule has 3 heterocycles. The Morgan fingerprint density at radius 3 is 2.50 bits per heavy atom. The Labute approximate surface area is 158 Å². The summed E-state index contributed by atoms with van der Waals surface area (Å²) in [6, 6.07) is 11.7. The average Bonchev–Trinajstić information content (AvgIpc) is 2.63. The SMILES string of the molecule is O=S(=O)(c1cccc2cccnc12)N1CC(Oc2cccc(C(F)(F)F)n2)C1. The van der Waals surface area contributed by atoms with Crippen molar-refractivity contribution in [1.29, 1.82) is 0 Å². The fourth-order valence-electron chi connectivity index (χ4n) is 2.90. The van der Waals surface area contributed by atoms with Crippen molar-refractivity contribution in [3.8, 4) is 5.88 Å². The third-order valence-electron chi connectivity index (χ3n) is 4.33. The van der Waals surface area contributed by atoms with Crippen LogP contribution in [0.5, 0.6) is 5.88 Å². The van der Waals surface area contributed by atoms with Crippen molar-refractivity contribution in [1.82, 2.24) is 14.3 Å². The van der Waals surface area contributed by atoms with Gasteiger partial charge < -0.3 is 4.74 Å². The number of ether oxygens (including phenoxy) is 1. The van der Waals surface area contributed by atoms with Crippen LogP contribution in [0.3, 0.4) is 0 Å². The first-order valence-corrected chi connectivity index (χ1v) is 9.74. The molecular weight excluding hydrogens is 395 g/mol. The number of aromatic nitrogens is 2. The van der Waals surface area contributed by atoms with E-state index in [-0.39, 0.29) is 23.9 Å². The first kappa shape index (κ1) is 18.6. The Balaban J connectivity index is 1.49. The molecule has 0 bridgehead atoms. The van der Waals surface area contributed by atoms with E-state index in [2.05, 4.69) is 9.97 Å². The molecule has 28 heavy (non-hydrogen) atoms. The minimum absolute atomic E-state index is 0.0173. The van der Waals surface area contributed by atoms with E-state index in [9.17, 15) is 21.6 Å². The predicted molar refractivity (Wildman–Crippen MR) is 94.2 cm³/mol. The standard InChI is InChI=1S/C18H14F3N3O3S/c19-18(20,21)15-7-2-8-16(23-15)27-13-10-24(11-13)28(25,26)14-6-1-4-12-5-3-9-22-17(12)14/h1-9,13H,10-11H2. The lowest BCUT2D eigenvalue weighted by Gasteiger charge is -2.37. The van der Waals surface area contributed by atoms with E-state index in [0.29, 0.717) is 10.9 Å². The summed E-state index contributed by atoms with van der Waals surface area (Å²) in [5.41, 5.74) is -0.690. The van der Waals surface area contributed by atoms with Crippen LogP contribution in [-0.4, -0.2) is 41.9 Å². The Morgan fingerprint density at radius 2 is 1.75 bits per heavy atom. The van der Waals surface area contributed by atoms with Gasteiger partial charge >= 0.3 is 6.18 Å². The summed E-state index contributed by atoms with van der Waals surface area (Å²) in [7, 11) is -3.80. The number of hydrogen-bond donors (Lipinski definition) is 0. The van der Waals surface area contributed by atoms with Gasteiger partial charge in [-0.3, -0.25) is 4.98 Å². The molecule has 0 atom stereocenters. The zero-order valence-electron chi connectivity index (χ0n) is 14.3. The highest BCUT2D eigenvalue weighted by Crippen LogP contribution is 2.31. The van der Waals surface area contributed by atoms with E-state index >= 15 is 0 Å². The maximum Gasteiger partial charge on any atom is 0.433 e. The number of alkyl halides is 3. The maximum atomic E-state index is 12.9. The van der Waals surface area contributed by atoms with E-state index < -0.39 is 28.0 Å². The van der Waals surface area contributed by atoms with Crippen LogP contribution < -0.4 is 4.74 Å². The summed E-state index contributed by atoms with van der Waals surface area (Å²) in [5.74, 6) is -0.191. The number of halogens is 3. The van der Waals surface area contributed by atoms with Crippen molar-refractivity contribution < 1.29 is 26.3 Å². The van der Waals surface area contributed by atoms with Gasteiger partial charge in [0.1, 0.15) is 16.7 Å². The second-order valence-electron chi connectivity index (χ2n) is 6.25. The smallest absolute Gasteiger partial charge is 0.433 e. The number of nitrogens with zero attached hydrogens (tertiary/aromatic N) is 3. The molecule has 1 saturated heterocycles. The molecule has 0 saturated carbocycles. The molecule has 0 radical (unpaired) electrons. The lowest BCUT2D eigenvalue weighted by Crippen LogP contribution is -2.56. The molecule has 1 aromatic carbocycles. The van der Waals surface area contributed by atoms with Crippen LogP contribution in [0.25, 0.3) is 10.9 Å². The maximum absolute atomic E-state index is 12.9. The molecule has 0 N–H and O–H groups in total. The monoisotopic (exact) mass is 409 g/mol. The van der Waals surface area contributed by atoms with Crippen LogP contribution in [0.4, 0.5) is 13.2 Å². The van der Waals surface area contributed by atoms with Gasteiger partial charge in [0.05, 0.1) is 18.6 Å². The number of pyridine rings is 2. The van der Waals surface area contributed by atoms with Crippen molar-refractivity contribution in [3.05, 3.63) is 60.4 Å². The highest BCUT2D eigenvalue weighted by Gasteiger charge is 2.39. The van der Waals surface area contributed by atoms with Crippen LogP contribution in [0.1, 0.15) is 5.69 Å². The summed E-state index contributed by atoms with van der Waals surface area (Å²) in [6.45, 7) is 0.0347. The van der Waals surface area contributed by atoms with Gasteiger partial charge in [-0.25, -0.2) is 13.4 Å². The normalized spacial score (nSPS) is 16.1. The Hall–Kier alpha value is -2.72. The molecule has 1 aliphatic rings. The largest absolute Gasteiger partial charge is 0.472 e. The molecule has 10 heteroatoms. The topological polar surface area (TPSA) is 72.4 Å². The molecule has 0 aliphatic carbocycles. The number of benzene rings is 1. The highest BCUT2D eigenvalue weighted by atomic mass is 32.2. The molecule has 146 valence electrons. The Kier molecular flexibility index (Phi) is 4.47. The van der Waals surface area contributed by atoms with Gasteiger partial charge in [0.2, 0.25) is 15.9 Å². The first-order chi connectivity index (χ1) is 13.2. The summed E-state index contributed by atoms with van der Waals surface area (Å²) >= 11 is 0. The Morgan fingerprint density at radius 1 is 1.04 bits per heavy atom. The zero-order valence-corrected chi connectivity index (χ0v) is 15.1. The number of para-hydroxylation sites is 1. The molecule has 1 aliphatic heterocycles. The third-order valence-corrected chi connectivity index (χ3v) is 6.19. The van der Waals surface area contributed by atoms with Crippen LogP contribution in [0.2, 0.25) is 0 Å². The number of fused-ring (bicyclic) bond motifs is 1. The van der Waals surface area contributed by atoms with Gasteiger partial charge in [-0.2, -0.15) is 17.5 Å². The number of rotatable bonds is 4. The fourth-order valence-corrected chi connectivity index (χ4v) is 4.57. The molecule has 0 unspecified atom stereocenters. The summed E-state index contributed by atoms with van der Waals surface area (Å²) in [5, 5.41) is 0.699. The number of hydrogen-bond acceptors (Lipinski definition) is 5. The van der Waals surface area contributed by atoms with Crippen LogP contribution in [0.15, 0.2) is 59.6 Å². The molecule has 0 amide bonds. The Bertz CT molecular complexity index is 1120. The fraction of sp³-hybridized carbons (Fsp3) is 0.222. The van der Waals surface area contributed by atoms with Crippen molar-refractivity contribution in [3.63, 3.8) is 0 Å². The van der Waals surface area contributed by atoms with Crippen LogP contribution in [-0.2, 0) is 16.2 Å². The highest BCUT2D eigenvalue weighted by molar-refractivity contribution is 7.89. The van der Waals surface area contributed by atoms with Crippen molar-refractivity contribution in [2.75, 3.05) is 13.1 Å². The molecule has 1 fully saturated rings. The molecule has 6 nitrogen and oxygen atoms in total. The molecular formula is C18H14F3N3O3S. The van der Waals surface area contributed by atoms with Crippen molar-refractivity contribution in [2.24, 2.45) is 0 Å². The quantitative estimate of drug-likeness (QED) is 0.662. The van der Waals surface area contributed by atoms with E-state index in [1.165, 1.54) is 28.7 Å². The van der Waals surface area contributed by atoms with Gasteiger partial charge in [0.25, 0.3) is 0 Å². The van der Waals surface area contributed by atoms with Gasteiger partial charge in [0.15, 0.2) is 0 Å². The van der Waals surface area contributed by atoms with Crippen LogP contribution in [0, 0.1) is 0 Å². The lowest BCUT2D eigenvalue weighted by molar-refractivity contribution is -0.141. The van der Waals surface area contributed by atoms with E-state index in [4.69, 9.17) is 4.74 Å². The first-order valence-electron chi connectivity index (χ1n) is 8.30. The van der Waals surface area contributed by atoms with Gasteiger partial charge in [0, 0.05) is 17.6 Å². The van der Waals surface area contributed by atoms with Gasteiger partial charge in [-0.15, -0.1) is 0 Å². The van der Waals surface area contributed by atoms with E-state index in [0.717, 1.165) is 6.07 Å². The average molecular weight is 409 g/mol. The van der Waals surface area contributed by atoms with E-state index in [1.54, 1.807) is 24.3 Å². The lowest BCUT2D eigenvalue weighted by atomic mass is 10.2. The third kappa shape index (κ3) is 3.40. The minimum atomic E-state index is -4.57. The minimum Gasteiger partial charge on any atom is -0.472 e. The van der Waals surface area contributed by atoms with Crippen molar-refractivity contribution in [2.45, 2.75) is 17.2 Å². The molecule has 2 aromatic heterocycles. The second-order valence-corrected chi connectivity index (χ2v) is 8.16. The predicted octanol–water partition coefficient (Wildman–Crippen LogP) is 3.10. The summed E-state index contributed by atoms with van der Waals surface area (Å²) in [6.07, 6.45) is -3.63. The van der Waals surface area contributed by atoms with Gasteiger partial charge in [-0.1, -0.05) is 24.3 Å². The zero-order chi connectivity index (χ0) is 19.9. The van der Waals surface area contributed by atoms with E-state index in [1.807, 2.05) is 0 Å². The van der Waals surface area contributed by atoms with Gasteiger partial charge in [-0.05, 0) is 18.2 Å². The molecule has 0 spiro atoms. The molecule has 4 rings (SSSR count). The second kappa shape index (κ2) is 6.71. The molecule has 3 aromatic rings. The summed E-state index contributed by atoms with van der Waals surface area (Å²) < 4.78 is 70.5. The van der Waals surface area contributed by atoms with Crippen LogP contribution >= 0.6 is 0 Å². The summed E-state index contributed by atoms with van der Waals surface area (Å²) in [4.78, 5) is 7.67. The van der Waals surface area contributed by atoms with Crippen molar-refractivity contribution >= 4 is 20.9 Å². The number of sulfonamides is 1.